The SMILES string of the molecule is COCCCOc1ccc(S(=O)(=O)Cl)cc1. The lowest BCUT2D eigenvalue weighted by atomic mass is 10.3. The van der Waals surface area contributed by atoms with Gasteiger partial charge in [-0.1, -0.05) is 0 Å². The van der Waals surface area contributed by atoms with Crippen molar-refractivity contribution >= 4 is 19.7 Å². The monoisotopic (exact) mass is 264 g/mol. The number of hydrogen-bond acceptors (Lipinski definition) is 4. The smallest absolute Gasteiger partial charge is 0.261 e. The van der Waals surface area contributed by atoms with Gasteiger partial charge in [0.1, 0.15) is 5.75 Å². The topological polar surface area (TPSA) is 52.6 Å². The fourth-order valence-electron chi connectivity index (χ4n) is 1.09. The van der Waals surface area contributed by atoms with E-state index in [2.05, 4.69) is 0 Å². The van der Waals surface area contributed by atoms with Crippen LogP contribution in [0.2, 0.25) is 0 Å². The fraction of sp³-hybridized carbons (Fsp3) is 0.400. The Morgan fingerprint density at radius 1 is 1.19 bits per heavy atom. The van der Waals surface area contributed by atoms with Gasteiger partial charge in [-0.05, 0) is 24.3 Å². The van der Waals surface area contributed by atoms with Crippen molar-refractivity contribution in [2.45, 2.75) is 11.3 Å². The second kappa shape index (κ2) is 6.08. The molecule has 0 radical (unpaired) electrons. The van der Waals surface area contributed by atoms with Gasteiger partial charge in [-0.15, -0.1) is 0 Å². The molecule has 0 amide bonds. The molecule has 0 saturated heterocycles. The fourth-order valence-corrected chi connectivity index (χ4v) is 1.86. The summed E-state index contributed by atoms with van der Waals surface area (Å²) >= 11 is 0. The van der Waals surface area contributed by atoms with E-state index in [1.165, 1.54) is 12.1 Å². The zero-order valence-electron chi connectivity index (χ0n) is 8.85. The zero-order chi connectivity index (χ0) is 12.0. The maximum absolute atomic E-state index is 11.0. The van der Waals surface area contributed by atoms with E-state index in [9.17, 15) is 8.42 Å². The summed E-state index contributed by atoms with van der Waals surface area (Å²) in [5.41, 5.74) is 0. The van der Waals surface area contributed by atoms with Gasteiger partial charge in [0.25, 0.3) is 9.05 Å². The van der Waals surface area contributed by atoms with Crippen LogP contribution in [0.3, 0.4) is 0 Å². The molecule has 0 saturated carbocycles. The summed E-state index contributed by atoms with van der Waals surface area (Å²) in [6.45, 7) is 1.16. The number of ether oxygens (including phenoxy) is 2. The van der Waals surface area contributed by atoms with Crippen molar-refractivity contribution in [2.75, 3.05) is 20.3 Å². The van der Waals surface area contributed by atoms with E-state index >= 15 is 0 Å². The molecule has 0 aliphatic rings. The van der Waals surface area contributed by atoms with Crippen molar-refractivity contribution in [2.24, 2.45) is 0 Å². The number of halogens is 1. The highest BCUT2D eigenvalue weighted by molar-refractivity contribution is 8.13. The summed E-state index contributed by atoms with van der Waals surface area (Å²) in [6, 6.07) is 5.96. The van der Waals surface area contributed by atoms with Crippen molar-refractivity contribution < 1.29 is 17.9 Å². The minimum Gasteiger partial charge on any atom is -0.494 e. The van der Waals surface area contributed by atoms with Crippen LogP contribution in [0.1, 0.15) is 6.42 Å². The van der Waals surface area contributed by atoms with Gasteiger partial charge in [-0.3, -0.25) is 0 Å². The van der Waals surface area contributed by atoms with E-state index in [0.29, 0.717) is 19.0 Å². The number of rotatable bonds is 6. The molecule has 0 unspecified atom stereocenters. The highest BCUT2D eigenvalue weighted by Gasteiger charge is 2.08. The quantitative estimate of drug-likeness (QED) is 0.583. The van der Waals surface area contributed by atoms with Crippen molar-refractivity contribution in [3.63, 3.8) is 0 Å². The third kappa shape index (κ3) is 4.38. The van der Waals surface area contributed by atoms with Crippen molar-refractivity contribution in [1.29, 1.82) is 0 Å². The van der Waals surface area contributed by atoms with Gasteiger partial charge >= 0.3 is 0 Å². The minimum atomic E-state index is -3.65. The van der Waals surface area contributed by atoms with Crippen LogP contribution in [0, 0.1) is 0 Å². The van der Waals surface area contributed by atoms with E-state index in [1.54, 1.807) is 19.2 Å². The van der Waals surface area contributed by atoms with Crippen LogP contribution in [-0.2, 0) is 13.8 Å². The molecule has 0 aliphatic heterocycles. The predicted molar refractivity (Wildman–Crippen MR) is 61.5 cm³/mol. The molecular weight excluding hydrogens is 252 g/mol. The van der Waals surface area contributed by atoms with Crippen LogP contribution in [0.15, 0.2) is 29.2 Å². The van der Waals surface area contributed by atoms with Crippen molar-refractivity contribution in [3.8, 4) is 5.75 Å². The molecule has 4 nitrogen and oxygen atoms in total. The summed E-state index contributed by atoms with van der Waals surface area (Å²) < 4.78 is 32.1. The molecule has 0 N–H and O–H groups in total. The van der Waals surface area contributed by atoms with Crippen molar-refractivity contribution in [3.05, 3.63) is 24.3 Å². The third-order valence-electron chi connectivity index (χ3n) is 1.87. The van der Waals surface area contributed by atoms with Gasteiger partial charge in [-0.2, -0.15) is 0 Å². The zero-order valence-corrected chi connectivity index (χ0v) is 10.4. The lowest BCUT2D eigenvalue weighted by molar-refractivity contribution is 0.172. The Morgan fingerprint density at radius 3 is 2.31 bits per heavy atom. The predicted octanol–water partition coefficient (Wildman–Crippen LogP) is 2.03. The molecule has 0 atom stereocenters. The van der Waals surface area contributed by atoms with Gasteiger partial charge in [-0.25, -0.2) is 8.42 Å². The molecule has 6 heteroatoms. The van der Waals surface area contributed by atoms with Gasteiger partial charge in [0.15, 0.2) is 0 Å². The molecule has 0 aromatic heterocycles. The highest BCUT2D eigenvalue weighted by atomic mass is 35.7. The first-order chi connectivity index (χ1) is 7.54. The molecule has 1 rings (SSSR count). The Hall–Kier alpha value is -0.780. The maximum Gasteiger partial charge on any atom is 0.261 e. The molecule has 0 spiro atoms. The normalized spacial score (nSPS) is 11.4. The first-order valence-corrected chi connectivity index (χ1v) is 7.01. The van der Waals surface area contributed by atoms with Crippen molar-refractivity contribution in [1.82, 2.24) is 0 Å². The van der Waals surface area contributed by atoms with Crippen LogP contribution in [0.4, 0.5) is 0 Å². The first kappa shape index (κ1) is 13.3. The molecule has 1 aromatic rings. The lowest BCUT2D eigenvalue weighted by Gasteiger charge is -2.05. The minimum absolute atomic E-state index is 0.0680. The van der Waals surface area contributed by atoms with E-state index in [1.807, 2.05) is 0 Å². The number of hydrogen-bond donors (Lipinski definition) is 0. The summed E-state index contributed by atoms with van der Waals surface area (Å²) in [7, 11) is 3.14. The Morgan fingerprint density at radius 2 is 1.81 bits per heavy atom. The first-order valence-electron chi connectivity index (χ1n) is 4.70. The third-order valence-corrected chi connectivity index (χ3v) is 3.24. The average molecular weight is 265 g/mol. The van der Waals surface area contributed by atoms with Gasteiger partial charge in [0.05, 0.1) is 11.5 Å². The van der Waals surface area contributed by atoms with Crippen LogP contribution in [0.5, 0.6) is 5.75 Å². The molecule has 0 aliphatic carbocycles. The standard InChI is InChI=1S/C10H13ClO4S/c1-14-7-2-8-15-9-3-5-10(6-4-9)16(11,12)13/h3-6H,2,7-8H2,1H3. The molecule has 0 fully saturated rings. The van der Waals surface area contributed by atoms with Crippen LogP contribution in [-0.4, -0.2) is 28.7 Å². The maximum atomic E-state index is 11.0. The Kier molecular flexibility index (Phi) is 5.05. The number of methoxy groups -OCH3 is 1. The number of benzene rings is 1. The lowest BCUT2D eigenvalue weighted by Crippen LogP contribution is -2.01. The van der Waals surface area contributed by atoms with Crippen LogP contribution in [0.25, 0.3) is 0 Å². The molecule has 90 valence electrons. The largest absolute Gasteiger partial charge is 0.494 e. The van der Waals surface area contributed by atoms with E-state index in [0.717, 1.165) is 6.42 Å². The van der Waals surface area contributed by atoms with Gasteiger partial charge in [0.2, 0.25) is 0 Å². The Balaban J connectivity index is 2.52. The Labute approximate surface area is 99.6 Å². The summed E-state index contributed by atoms with van der Waals surface area (Å²) in [5, 5.41) is 0. The molecular formula is C10H13ClO4S. The second-order valence-corrected chi connectivity index (χ2v) is 5.67. The summed E-state index contributed by atoms with van der Waals surface area (Å²) in [4.78, 5) is 0.0680. The van der Waals surface area contributed by atoms with Gasteiger partial charge < -0.3 is 9.47 Å². The van der Waals surface area contributed by atoms with E-state index < -0.39 is 9.05 Å². The molecule has 0 heterocycles. The van der Waals surface area contributed by atoms with E-state index in [-0.39, 0.29) is 4.90 Å². The summed E-state index contributed by atoms with van der Waals surface area (Å²) in [6.07, 6.45) is 0.784. The molecule has 0 bridgehead atoms. The van der Waals surface area contributed by atoms with Crippen LogP contribution >= 0.6 is 10.7 Å². The van der Waals surface area contributed by atoms with Gasteiger partial charge in [0, 0.05) is 30.8 Å². The van der Waals surface area contributed by atoms with Crippen LogP contribution < -0.4 is 4.74 Å². The average Bonchev–Trinajstić information content (AvgIpc) is 2.24. The molecule has 16 heavy (non-hydrogen) atoms. The second-order valence-electron chi connectivity index (χ2n) is 3.10. The summed E-state index contributed by atoms with van der Waals surface area (Å²) in [5.74, 6) is 0.611. The molecule has 1 aromatic carbocycles. The Bertz CT molecular complexity index is 413. The van der Waals surface area contributed by atoms with E-state index in [4.69, 9.17) is 20.2 Å². The highest BCUT2D eigenvalue weighted by Crippen LogP contribution is 2.18.